The van der Waals surface area contributed by atoms with E-state index in [0.29, 0.717) is 12.3 Å². The minimum Gasteiger partial charge on any atom is -0.489 e. The number of nitriles is 1. The van der Waals surface area contributed by atoms with E-state index < -0.39 is 0 Å². The van der Waals surface area contributed by atoms with Gasteiger partial charge in [0, 0.05) is 0 Å². The number of anilines is 1. The number of rotatable bonds is 7. The van der Waals surface area contributed by atoms with Crippen molar-refractivity contribution in [2.45, 2.75) is 6.61 Å². The molecule has 0 amide bonds. The van der Waals surface area contributed by atoms with Crippen LogP contribution in [0.5, 0.6) is 5.75 Å². The molecule has 0 aliphatic heterocycles. The SMILES string of the molecule is N#C/C(=N\Nc1cccc(-c2ccc(OCc3ccccc3)cc2)c1)C(=N)N. The standard InChI is InChI=1S/C22H19N5O/c23-14-21(22(24)25)27-26-19-8-4-7-18(13-19)17-9-11-20(12-10-17)28-15-16-5-2-1-3-6-16/h1-13,26H,15H2,(H3,24,25)/b27-21+. The Kier molecular flexibility index (Phi) is 6.01. The van der Waals surface area contributed by atoms with E-state index >= 15 is 0 Å². The average Bonchev–Trinajstić information content (AvgIpc) is 2.74. The molecule has 0 saturated heterocycles. The van der Waals surface area contributed by atoms with Crippen LogP contribution in [0.15, 0.2) is 84.0 Å². The lowest BCUT2D eigenvalue weighted by Gasteiger charge is -2.09. The van der Waals surface area contributed by atoms with Gasteiger partial charge in [-0.1, -0.05) is 54.6 Å². The van der Waals surface area contributed by atoms with Crippen molar-refractivity contribution in [2.75, 3.05) is 5.43 Å². The molecule has 6 nitrogen and oxygen atoms in total. The quantitative estimate of drug-likeness (QED) is 0.330. The van der Waals surface area contributed by atoms with Crippen molar-refractivity contribution < 1.29 is 4.74 Å². The summed E-state index contributed by atoms with van der Waals surface area (Å²) in [5.41, 5.74) is 11.7. The summed E-state index contributed by atoms with van der Waals surface area (Å²) in [4.78, 5) is 0. The first-order chi connectivity index (χ1) is 13.7. The van der Waals surface area contributed by atoms with Crippen LogP contribution in [-0.4, -0.2) is 11.5 Å². The Morgan fingerprint density at radius 1 is 1.00 bits per heavy atom. The minimum absolute atomic E-state index is 0.162. The summed E-state index contributed by atoms with van der Waals surface area (Å²) in [6.45, 7) is 0.523. The van der Waals surface area contributed by atoms with Crippen LogP contribution in [0.2, 0.25) is 0 Å². The van der Waals surface area contributed by atoms with Crippen LogP contribution in [0.3, 0.4) is 0 Å². The molecule has 0 aromatic heterocycles. The van der Waals surface area contributed by atoms with Crippen molar-refractivity contribution in [1.29, 1.82) is 10.7 Å². The highest BCUT2D eigenvalue weighted by Crippen LogP contribution is 2.25. The Bertz CT molecular complexity index is 1020. The normalized spacial score (nSPS) is 10.8. The van der Waals surface area contributed by atoms with Crippen molar-refractivity contribution in [2.24, 2.45) is 10.8 Å². The molecule has 0 aliphatic carbocycles. The van der Waals surface area contributed by atoms with Crippen LogP contribution in [0.25, 0.3) is 11.1 Å². The van der Waals surface area contributed by atoms with Gasteiger partial charge in [0.1, 0.15) is 18.4 Å². The molecule has 0 saturated carbocycles. The molecule has 0 atom stereocenters. The molecule has 0 heterocycles. The van der Waals surface area contributed by atoms with E-state index in [1.807, 2.05) is 78.9 Å². The molecular formula is C22H19N5O. The zero-order valence-corrected chi connectivity index (χ0v) is 15.1. The van der Waals surface area contributed by atoms with E-state index in [1.54, 1.807) is 6.07 Å². The van der Waals surface area contributed by atoms with Crippen molar-refractivity contribution >= 4 is 17.2 Å². The number of nitrogens with zero attached hydrogens (tertiary/aromatic N) is 2. The number of ether oxygens (including phenoxy) is 1. The number of hydrogen-bond donors (Lipinski definition) is 3. The minimum atomic E-state index is -0.378. The molecule has 4 N–H and O–H groups in total. The Morgan fingerprint density at radius 3 is 2.43 bits per heavy atom. The largest absolute Gasteiger partial charge is 0.489 e. The maximum absolute atomic E-state index is 8.90. The predicted molar refractivity (Wildman–Crippen MR) is 111 cm³/mol. The van der Waals surface area contributed by atoms with Crippen molar-refractivity contribution in [3.8, 4) is 22.9 Å². The van der Waals surface area contributed by atoms with Gasteiger partial charge in [-0.25, -0.2) is 0 Å². The monoisotopic (exact) mass is 369 g/mol. The third kappa shape index (κ3) is 4.96. The molecule has 28 heavy (non-hydrogen) atoms. The van der Waals surface area contributed by atoms with Crippen LogP contribution in [0, 0.1) is 16.7 Å². The third-order valence-corrected chi connectivity index (χ3v) is 3.96. The zero-order valence-electron chi connectivity index (χ0n) is 15.1. The Labute approximate surface area is 163 Å². The molecule has 3 aromatic rings. The van der Waals surface area contributed by atoms with Gasteiger partial charge in [0.15, 0.2) is 5.84 Å². The molecule has 0 aliphatic rings. The fourth-order valence-electron chi connectivity index (χ4n) is 2.52. The molecular weight excluding hydrogens is 350 g/mol. The molecule has 0 spiro atoms. The van der Waals surface area contributed by atoms with E-state index in [9.17, 15) is 0 Å². The lowest BCUT2D eigenvalue weighted by molar-refractivity contribution is 0.306. The second-order valence-electron chi connectivity index (χ2n) is 5.98. The van der Waals surface area contributed by atoms with Gasteiger partial charge in [0.25, 0.3) is 0 Å². The average molecular weight is 369 g/mol. The molecule has 3 rings (SSSR count). The van der Waals surface area contributed by atoms with E-state index in [2.05, 4.69) is 10.5 Å². The highest BCUT2D eigenvalue weighted by molar-refractivity contribution is 6.45. The fourth-order valence-corrected chi connectivity index (χ4v) is 2.52. The summed E-state index contributed by atoms with van der Waals surface area (Å²) < 4.78 is 5.81. The smallest absolute Gasteiger partial charge is 0.201 e. The maximum Gasteiger partial charge on any atom is 0.201 e. The van der Waals surface area contributed by atoms with E-state index in [-0.39, 0.29) is 11.5 Å². The maximum atomic E-state index is 8.90. The predicted octanol–water partition coefficient (Wildman–Crippen LogP) is 4.16. The first kappa shape index (κ1) is 18.7. The number of benzene rings is 3. The highest BCUT2D eigenvalue weighted by Gasteiger charge is 2.03. The lowest BCUT2D eigenvalue weighted by atomic mass is 10.1. The molecule has 3 aromatic carbocycles. The summed E-state index contributed by atoms with van der Waals surface area (Å²) in [7, 11) is 0. The third-order valence-electron chi connectivity index (χ3n) is 3.96. The second kappa shape index (κ2) is 9.01. The van der Waals surface area contributed by atoms with E-state index in [1.165, 1.54) is 0 Å². The van der Waals surface area contributed by atoms with Crippen LogP contribution in [0.1, 0.15) is 5.56 Å². The zero-order chi connectivity index (χ0) is 19.8. The highest BCUT2D eigenvalue weighted by atomic mass is 16.5. The Balaban J connectivity index is 1.68. The van der Waals surface area contributed by atoms with Gasteiger partial charge < -0.3 is 10.5 Å². The van der Waals surface area contributed by atoms with Crippen molar-refractivity contribution in [3.63, 3.8) is 0 Å². The Hall–Kier alpha value is -4.11. The molecule has 0 bridgehead atoms. The van der Waals surface area contributed by atoms with Crippen molar-refractivity contribution in [1.82, 2.24) is 0 Å². The molecule has 0 fully saturated rings. The number of nitrogens with one attached hydrogen (secondary N) is 2. The van der Waals surface area contributed by atoms with Crippen molar-refractivity contribution in [3.05, 3.63) is 84.4 Å². The van der Waals surface area contributed by atoms with Gasteiger partial charge >= 0.3 is 0 Å². The van der Waals surface area contributed by atoms with Crippen LogP contribution >= 0.6 is 0 Å². The van der Waals surface area contributed by atoms with E-state index in [4.69, 9.17) is 21.1 Å². The van der Waals surface area contributed by atoms with Gasteiger partial charge in [0.2, 0.25) is 5.71 Å². The summed E-state index contributed by atoms with van der Waals surface area (Å²) in [6, 6.07) is 27.2. The molecule has 0 unspecified atom stereocenters. The van der Waals surface area contributed by atoms with Crippen LogP contribution < -0.4 is 15.9 Å². The lowest BCUT2D eigenvalue weighted by Crippen LogP contribution is -2.21. The first-order valence-electron chi connectivity index (χ1n) is 8.61. The molecule has 0 radical (unpaired) electrons. The Morgan fingerprint density at radius 2 is 1.75 bits per heavy atom. The fraction of sp³-hybridized carbons (Fsp3) is 0.0455. The topological polar surface area (TPSA) is 107 Å². The number of nitrogens with two attached hydrogens (primary N) is 1. The summed E-state index contributed by atoms with van der Waals surface area (Å²) in [5.74, 6) is 0.420. The van der Waals surface area contributed by atoms with Gasteiger partial charge in [-0.05, 0) is 41.0 Å². The number of hydrogen-bond acceptors (Lipinski definition) is 5. The first-order valence-corrected chi connectivity index (χ1v) is 8.61. The van der Waals surface area contributed by atoms with Gasteiger partial charge in [-0.2, -0.15) is 10.4 Å². The molecule has 138 valence electrons. The summed E-state index contributed by atoms with van der Waals surface area (Å²) >= 11 is 0. The molecule has 6 heteroatoms. The van der Waals surface area contributed by atoms with Crippen LogP contribution in [-0.2, 0) is 6.61 Å². The second-order valence-corrected chi connectivity index (χ2v) is 5.98. The van der Waals surface area contributed by atoms with Gasteiger partial charge in [-0.3, -0.25) is 10.8 Å². The summed E-state index contributed by atoms with van der Waals surface area (Å²) in [6.07, 6.45) is 0. The number of amidine groups is 1. The number of hydrazone groups is 1. The van der Waals surface area contributed by atoms with Crippen LogP contribution in [0.4, 0.5) is 5.69 Å². The van der Waals surface area contributed by atoms with Gasteiger partial charge in [-0.15, -0.1) is 0 Å². The van der Waals surface area contributed by atoms with Gasteiger partial charge in [0.05, 0.1) is 5.69 Å². The summed E-state index contributed by atoms with van der Waals surface area (Å²) in [5, 5.41) is 20.0. The van der Waals surface area contributed by atoms with E-state index in [0.717, 1.165) is 22.4 Å².